The summed E-state index contributed by atoms with van der Waals surface area (Å²) in [5.74, 6) is 0.808. The van der Waals surface area contributed by atoms with Crippen LogP contribution in [0.3, 0.4) is 0 Å². The van der Waals surface area contributed by atoms with Crippen molar-refractivity contribution in [2.24, 2.45) is 13.0 Å². The van der Waals surface area contributed by atoms with Gasteiger partial charge in [-0.15, -0.1) is 0 Å². The Balaban J connectivity index is 1.21. The summed E-state index contributed by atoms with van der Waals surface area (Å²) in [4.78, 5) is 2.53. The number of rotatable bonds is 5. The Labute approximate surface area is 145 Å². The minimum atomic E-state index is 0.0891. The smallest absolute Gasteiger partial charge is 0.0836 e. The lowest BCUT2D eigenvalue weighted by atomic mass is 9.88. The molecular weight excluding hydrogens is 302 g/mol. The Bertz CT molecular complexity index is 530. The molecule has 134 valence electrons. The third-order valence-corrected chi connectivity index (χ3v) is 6.15. The Morgan fingerprint density at radius 1 is 1.29 bits per heavy atom. The second-order valence-corrected chi connectivity index (χ2v) is 8.10. The van der Waals surface area contributed by atoms with E-state index in [1.54, 1.807) is 0 Å². The molecule has 1 aromatic rings. The molecule has 5 heteroatoms. The standard InChI is InChI=1S/C19H31N3O2/c1-21-12-17(11-20-21)13-22-8-6-19(7-9-22)10-18(15-24-19)23-14-16-4-2-3-5-16/h11-12,16,18H,2-10,13-15H2,1H3/t18-/m1/s1. The summed E-state index contributed by atoms with van der Waals surface area (Å²) in [6, 6.07) is 0. The van der Waals surface area contributed by atoms with Crippen molar-refractivity contribution in [3.63, 3.8) is 0 Å². The number of nitrogens with zero attached hydrogens (tertiary/aromatic N) is 3. The summed E-state index contributed by atoms with van der Waals surface area (Å²) in [6.45, 7) is 4.99. The van der Waals surface area contributed by atoms with E-state index in [4.69, 9.17) is 9.47 Å². The number of likely N-dealkylation sites (tertiary alicyclic amines) is 1. The highest BCUT2D eigenvalue weighted by Crippen LogP contribution is 2.38. The molecule has 0 amide bonds. The summed E-state index contributed by atoms with van der Waals surface area (Å²) in [6.07, 6.45) is 13.3. The normalized spacial score (nSPS) is 28.1. The van der Waals surface area contributed by atoms with Crippen molar-refractivity contribution in [2.75, 3.05) is 26.3 Å². The predicted molar refractivity (Wildman–Crippen MR) is 92.7 cm³/mol. The van der Waals surface area contributed by atoms with E-state index >= 15 is 0 Å². The molecule has 1 atom stereocenters. The van der Waals surface area contributed by atoms with Crippen molar-refractivity contribution in [1.29, 1.82) is 0 Å². The summed E-state index contributed by atoms with van der Waals surface area (Å²) < 4.78 is 14.3. The van der Waals surface area contributed by atoms with Crippen LogP contribution in [0.5, 0.6) is 0 Å². The Hall–Kier alpha value is -0.910. The molecular formula is C19H31N3O2. The minimum Gasteiger partial charge on any atom is -0.375 e. The van der Waals surface area contributed by atoms with Gasteiger partial charge in [-0.2, -0.15) is 5.10 Å². The van der Waals surface area contributed by atoms with Gasteiger partial charge in [-0.05, 0) is 31.6 Å². The fraction of sp³-hybridized carbons (Fsp3) is 0.842. The van der Waals surface area contributed by atoms with Crippen LogP contribution in [0.25, 0.3) is 0 Å². The molecule has 3 fully saturated rings. The lowest BCUT2D eigenvalue weighted by molar-refractivity contribution is -0.0469. The third-order valence-electron chi connectivity index (χ3n) is 6.15. The molecule has 2 aliphatic heterocycles. The lowest BCUT2D eigenvalue weighted by Gasteiger charge is -2.38. The highest BCUT2D eigenvalue weighted by atomic mass is 16.6. The van der Waals surface area contributed by atoms with Gasteiger partial charge in [-0.1, -0.05) is 12.8 Å². The maximum absolute atomic E-state index is 6.24. The van der Waals surface area contributed by atoms with Gasteiger partial charge < -0.3 is 9.47 Å². The molecule has 2 saturated heterocycles. The molecule has 1 aliphatic carbocycles. The first-order chi connectivity index (χ1) is 11.7. The highest BCUT2D eigenvalue weighted by Gasteiger charge is 2.43. The molecule has 0 bridgehead atoms. The summed E-state index contributed by atoms with van der Waals surface area (Å²) >= 11 is 0. The monoisotopic (exact) mass is 333 g/mol. The summed E-state index contributed by atoms with van der Waals surface area (Å²) in [5, 5.41) is 4.26. The van der Waals surface area contributed by atoms with E-state index in [-0.39, 0.29) is 5.60 Å². The zero-order chi connectivity index (χ0) is 16.4. The van der Waals surface area contributed by atoms with Gasteiger partial charge in [0.2, 0.25) is 0 Å². The van der Waals surface area contributed by atoms with Gasteiger partial charge in [-0.3, -0.25) is 9.58 Å². The van der Waals surface area contributed by atoms with Crippen LogP contribution >= 0.6 is 0 Å². The molecule has 3 aliphatic rings. The fourth-order valence-electron chi connectivity index (χ4n) is 4.64. The Morgan fingerprint density at radius 3 is 2.79 bits per heavy atom. The van der Waals surface area contributed by atoms with Crippen molar-refractivity contribution >= 4 is 0 Å². The highest BCUT2D eigenvalue weighted by molar-refractivity contribution is 5.04. The average molecular weight is 333 g/mol. The van der Waals surface area contributed by atoms with E-state index in [1.165, 1.54) is 31.2 Å². The molecule has 0 N–H and O–H groups in total. The maximum Gasteiger partial charge on any atom is 0.0836 e. The van der Waals surface area contributed by atoms with Crippen LogP contribution in [0.4, 0.5) is 0 Å². The molecule has 0 aromatic carbocycles. The van der Waals surface area contributed by atoms with Gasteiger partial charge in [0, 0.05) is 51.5 Å². The van der Waals surface area contributed by atoms with Gasteiger partial charge in [0.15, 0.2) is 0 Å². The molecule has 1 saturated carbocycles. The number of aromatic nitrogens is 2. The molecule has 0 radical (unpaired) electrons. The van der Waals surface area contributed by atoms with Gasteiger partial charge in [0.05, 0.1) is 24.5 Å². The summed E-state index contributed by atoms with van der Waals surface area (Å²) in [5.41, 5.74) is 1.39. The van der Waals surface area contributed by atoms with E-state index in [0.717, 1.165) is 58.0 Å². The van der Waals surface area contributed by atoms with Crippen molar-refractivity contribution in [3.05, 3.63) is 18.0 Å². The zero-order valence-corrected chi connectivity index (χ0v) is 15.0. The van der Waals surface area contributed by atoms with Gasteiger partial charge >= 0.3 is 0 Å². The number of aryl methyl sites for hydroxylation is 1. The molecule has 1 aromatic heterocycles. The van der Waals surface area contributed by atoms with Crippen LogP contribution in [-0.4, -0.2) is 52.7 Å². The average Bonchev–Trinajstić information content (AvgIpc) is 3.31. The second-order valence-electron chi connectivity index (χ2n) is 8.10. The Morgan fingerprint density at radius 2 is 2.08 bits per heavy atom. The van der Waals surface area contributed by atoms with Crippen LogP contribution in [0, 0.1) is 5.92 Å². The molecule has 1 spiro atoms. The van der Waals surface area contributed by atoms with E-state index in [2.05, 4.69) is 16.2 Å². The van der Waals surface area contributed by atoms with Gasteiger partial charge in [0.25, 0.3) is 0 Å². The second kappa shape index (κ2) is 7.14. The zero-order valence-electron chi connectivity index (χ0n) is 15.0. The van der Waals surface area contributed by atoms with Crippen LogP contribution in [0.2, 0.25) is 0 Å². The molecule has 24 heavy (non-hydrogen) atoms. The minimum absolute atomic E-state index is 0.0891. The first-order valence-corrected chi connectivity index (χ1v) is 9.66. The molecule has 5 nitrogen and oxygen atoms in total. The van der Waals surface area contributed by atoms with Crippen molar-refractivity contribution in [1.82, 2.24) is 14.7 Å². The lowest BCUT2D eigenvalue weighted by Crippen LogP contribution is -2.43. The Kier molecular flexibility index (Phi) is 4.93. The van der Waals surface area contributed by atoms with Crippen molar-refractivity contribution < 1.29 is 9.47 Å². The number of hydrogen-bond acceptors (Lipinski definition) is 4. The maximum atomic E-state index is 6.24. The van der Waals surface area contributed by atoms with E-state index < -0.39 is 0 Å². The van der Waals surface area contributed by atoms with Crippen molar-refractivity contribution in [3.8, 4) is 0 Å². The van der Waals surface area contributed by atoms with E-state index in [9.17, 15) is 0 Å². The SMILES string of the molecule is Cn1cc(CN2CCC3(CC2)C[C@@H](OCC2CCCC2)CO3)cn1. The third kappa shape index (κ3) is 3.84. The fourth-order valence-corrected chi connectivity index (χ4v) is 4.64. The van der Waals surface area contributed by atoms with E-state index in [0.29, 0.717) is 6.10 Å². The predicted octanol–water partition coefficient (Wildman–Crippen LogP) is 2.75. The topological polar surface area (TPSA) is 39.5 Å². The van der Waals surface area contributed by atoms with Crippen LogP contribution in [0.15, 0.2) is 12.4 Å². The summed E-state index contributed by atoms with van der Waals surface area (Å²) in [7, 11) is 1.98. The number of hydrogen-bond donors (Lipinski definition) is 0. The van der Waals surface area contributed by atoms with Gasteiger partial charge in [0.1, 0.15) is 0 Å². The van der Waals surface area contributed by atoms with Crippen molar-refractivity contribution in [2.45, 2.75) is 63.2 Å². The number of ether oxygens (including phenoxy) is 2. The molecule has 3 heterocycles. The first-order valence-electron chi connectivity index (χ1n) is 9.66. The van der Waals surface area contributed by atoms with Crippen LogP contribution in [0.1, 0.15) is 50.5 Å². The van der Waals surface area contributed by atoms with E-state index in [1.807, 2.05) is 17.9 Å². The number of piperidine rings is 1. The molecule has 4 rings (SSSR count). The quantitative estimate of drug-likeness (QED) is 0.831. The van der Waals surface area contributed by atoms with Crippen LogP contribution in [-0.2, 0) is 23.1 Å². The largest absolute Gasteiger partial charge is 0.375 e. The first kappa shape index (κ1) is 16.6. The van der Waals surface area contributed by atoms with Crippen LogP contribution < -0.4 is 0 Å². The molecule has 0 unspecified atom stereocenters. The van der Waals surface area contributed by atoms with Gasteiger partial charge in [-0.25, -0.2) is 0 Å².